The number of carbonyl (C=O) groups excluding carboxylic acids is 7. The maximum Gasteiger partial charge on any atom is 0.330 e. The third kappa shape index (κ3) is 19.2. The number of aliphatic hydroxyl groups is 5. The number of ether oxygens (including phenoxy) is 6. The number of nitrogens with one attached hydrogen (secondary N) is 7. The molecule has 34 nitrogen and oxygen atoms in total. The number of nitrogens with two attached hydrogens (primary N) is 2. The van der Waals surface area contributed by atoms with Gasteiger partial charge in [0.15, 0.2) is 34.3 Å². The number of carboxylic acids is 1. The largest absolute Gasteiger partial charge is 0.508 e. The summed E-state index contributed by atoms with van der Waals surface area (Å²) in [5, 5.41) is 133. The summed E-state index contributed by atoms with van der Waals surface area (Å²) in [5.41, 5.74) is 10.4. The molecule has 7 aromatic carbocycles. The van der Waals surface area contributed by atoms with Crippen LogP contribution in [0, 0.1) is 11.8 Å². The van der Waals surface area contributed by atoms with Crippen molar-refractivity contribution in [3.63, 3.8) is 0 Å². The van der Waals surface area contributed by atoms with Crippen LogP contribution in [0.1, 0.15) is 118 Å². The third-order valence-electron chi connectivity index (χ3n) is 21.1. The van der Waals surface area contributed by atoms with E-state index >= 15 is 19.2 Å². The van der Waals surface area contributed by atoms with Gasteiger partial charge in [-0.3, -0.25) is 33.6 Å². The summed E-state index contributed by atoms with van der Waals surface area (Å²) in [6, 6.07) is 15.6. The van der Waals surface area contributed by atoms with Gasteiger partial charge in [0.1, 0.15) is 83.4 Å². The van der Waals surface area contributed by atoms with Crippen molar-refractivity contribution in [2.75, 3.05) is 11.5 Å². The van der Waals surface area contributed by atoms with E-state index in [0.29, 0.717) is 9.36 Å². The summed E-state index contributed by atoms with van der Waals surface area (Å²) in [6.45, 7) is 8.79. The van der Waals surface area contributed by atoms with Crippen LogP contribution in [0.25, 0.3) is 22.3 Å². The maximum absolute atomic E-state index is 16.3. The number of nitrogens with zero attached hydrogens (tertiary/aromatic N) is 2. The van der Waals surface area contributed by atoms with E-state index in [9.17, 15) is 65.1 Å². The number of phenolic OH excluding ortho intramolecular Hbond substituents is 3. The third-order valence-corrected chi connectivity index (χ3v) is 23.9. The zero-order valence-corrected chi connectivity index (χ0v) is 68.2. The first-order valence-corrected chi connectivity index (χ1v) is 40.6. The summed E-state index contributed by atoms with van der Waals surface area (Å²) in [7, 11) is 0. The number of hydrogen-bond donors (Lipinski definition) is 18. The molecule has 0 spiro atoms. The lowest BCUT2D eigenvalue weighted by Crippen LogP contribution is -2.65. The predicted molar refractivity (Wildman–Crippen MR) is 433 cm³/mol. The van der Waals surface area contributed by atoms with E-state index in [1.54, 1.807) is 32.9 Å². The molecule has 20 N–H and O–H groups in total. The molecule has 7 aliphatic heterocycles. The number of thioether (sulfide) groups is 1. The van der Waals surface area contributed by atoms with E-state index < -0.39 is 225 Å². The molecule has 0 aliphatic carbocycles. The van der Waals surface area contributed by atoms with Gasteiger partial charge in [0.25, 0.3) is 0 Å². The molecule has 18 atom stereocenters. The number of aliphatic carboxylic acids is 1. The quantitative estimate of drug-likeness (QED) is 0.0405. The molecular formula is C81H84Cl3N11O23S2. The highest BCUT2D eigenvalue weighted by molar-refractivity contribution is 8.01. The number of phenols is 3. The van der Waals surface area contributed by atoms with Crippen molar-refractivity contribution in [2.45, 2.75) is 168 Å². The number of fused-ring (bicyclic) bond motifs is 15. The summed E-state index contributed by atoms with van der Waals surface area (Å²) >= 11 is 22.6. The molecule has 2 saturated heterocycles. The first-order valence-electron chi connectivity index (χ1n) is 37.7. The molecule has 634 valence electrons. The number of carbonyl (C=O) groups is 8. The average molecular weight is 1750 g/mol. The Labute approximate surface area is 707 Å². The van der Waals surface area contributed by atoms with Gasteiger partial charge in [-0.15, -0.1) is 10.2 Å². The Kier molecular flexibility index (Phi) is 26.4. The van der Waals surface area contributed by atoms with Crippen LogP contribution in [0.3, 0.4) is 0 Å². The van der Waals surface area contributed by atoms with Gasteiger partial charge in [-0.25, -0.2) is 4.79 Å². The van der Waals surface area contributed by atoms with Crippen molar-refractivity contribution in [3.05, 3.63) is 176 Å². The van der Waals surface area contributed by atoms with Gasteiger partial charge >= 0.3 is 5.97 Å². The van der Waals surface area contributed by atoms with Crippen molar-refractivity contribution >= 4 is 110 Å². The number of aromatic nitrogens is 2. The number of anilines is 1. The van der Waals surface area contributed by atoms with Gasteiger partial charge in [0.05, 0.1) is 34.8 Å². The summed E-state index contributed by atoms with van der Waals surface area (Å²) in [5.74, 6) is -16.7. The smallest absolute Gasteiger partial charge is 0.330 e. The van der Waals surface area contributed by atoms with Crippen molar-refractivity contribution < 1.29 is 113 Å². The van der Waals surface area contributed by atoms with Gasteiger partial charge in [-0.1, -0.05) is 133 Å². The molecule has 8 aromatic rings. The van der Waals surface area contributed by atoms with Crippen LogP contribution in [0.2, 0.25) is 15.1 Å². The fraction of sp³-hybridized carbons (Fsp3) is 0.358. The molecule has 15 rings (SSSR count). The summed E-state index contributed by atoms with van der Waals surface area (Å²) in [4.78, 5) is 118. The Morgan fingerprint density at radius 1 is 0.683 bits per heavy atom. The van der Waals surface area contributed by atoms with Gasteiger partial charge in [-0.05, 0) is 132 Å². The number of aliphatic hydroxyl groups excluding tert-OH is 5. The molecule has 1 aromatic heterocycles. The molecule has 2 fully saturated rings. The van der Waals surface area contributed by atoms with Crippen molar-refractivity contribution in [1.29, 1.82) is 0 Å². The van der Waals surface area contributed by atoms with Gasteiger partial charge in [0, 0.05) is 58.0 Å². The number of amides is 7. The van der Waals surface area contributed by atoms with E-state index in [1.165, 1.54) is 18.2 Å². The Bertz CT molecular complexity index is 5270. The molecule has 10 unspecified atom stereocenters. The Balaban J connectivity index is 0.997. The SMILES string of the molecule is CC(C)C[C@@H](C)C(=O)N[C@H]1C(=O)N[C@@H](CC(N)=O)C(=O)N[C@H]2C(=O)NC3C(=O)N[C@H](C(=O)N[C@@H](C(=O)O)c4cc(O)cc(O)c4-c4cc3ccc4O)[C@H](O)c3ccc(c(Cl)c3)Oc3cc2cc(c3OC2OC(CSc3nnc(N)s3)C(O)C(O)C2OC2CC(C)(NCc3ccc(-c4ccc(Cl)cc4)cc3)C(O)C(C)O2)Oc2ccc(cc2Cl)[C@H]1O. The zero-order chi connectivity index (χ0) is 86.2. The number of benzene rings is 7. The molecule has 120 heavy (non-hydrogen) atoms. The van der Waals surface area contributed by atoms with E-state index in [1.807, 2.05) is 50.2 Å². The number of nitrogen functional groups attached to an aromatic ring is 1. The van der Waals surface area contributed by atoms with Crippen LogP contribution in [0.5, 0.6) is 46.0 Å². The number of carboxylic acid groups (broad SMARTS) is 1. The topological polar surface area (TPSA) is 536 Å². The number of hydrogen-bond acceptors (Lipinski definition) is 28. The van der Waals surface area contributed by atoms with Gasteiger partial charge in [-0.2, -0.15) is 0 Å². The second kappa shape index (κ2) is 36.3. The van der Waals surface area contributed by atoms with Crippen molar-refractivity contribution in [3.8, 4) is 68.2 Å². The lowest BCUT2D eigenvalue weighted by molar-refractivity contribution is -0.330. The van der Waals surface area contributed by atoms with Crippen molar-refractivity contribution in [2.24, 2.45) is 17.6 Å². The molecule has 39 heteroatoms. The fourth-order valence-corrected chi connectivity index (χ4v) is 17.1. The summed E-state index contributed by atoms with van der Waals surface area (Å²) < 4.78 is 40.8. The summed E-state index contributed by atoms with van der Waals surface area (Å²) in [6.07, 6.45) is -18.0. The fourth-order valence-electron chi connectivity index (χ4n) is 14.8. The first-order chi connectivity index (χ1) is 57.0. The molecule has 7 aliphatic rings. The van der Waals surface area contributed by atoms with Crippen molar-refractivity contribution in [1.82, 2.24) is 47.4 Å². The molecular weight excluding hydrogens is 1670 g/mol. The predicted octanol–water partition coefficient (Wildman–Crippen LogP) is 6.54. The number of halogens is 3. The zero-order valence-electron chi connectivity index (χ0n) is 64.3. The lowest BCUT2D eigenvalue weighted by Gasteiger charge is -2.48. The highest BCUT2D eigenvalue weighted by Crippen LogP contribution is 2.50. The van der Waals surface area contributed by atoms with Gasteiger partial charge in [0.2, 0.25) is 58.5 Å². The highest BCUT2D eigenvalue weighted by atomic mass is 35.5. The van der Waals surface area contributed by atoms with Crippen LogP contribution >= 0.6 is 57.9 Å². The molecule has 8 heterocycles. The van der Waals surface area contributed by atoms with E-state index in [-0.39, 0.29) is 69.4 Å². The Hall–Kier alpha value is -10.7. The second-order valence-corrected chi connectivity index (χ2v) is 33.8. The standard InChI is InChI=1S/C81H84Cl3N11O23S2/c1-32(2)20-33(3)71(105)92-62-64(100)39-13-18-51(46(83)22-39)114-53-24-41-25-54(68(53)118-78-69(67(103)66(102)55(116-78)31-119-80-95-94-79(86)120-80)117-57-29-81(5,70(104)34(4)113-57)87-30-35-6-8-36(9-7-35)37-10-15-42(82)16-11-37)115-52-19-14-40(23-47(52)84)65(101)63-76(110)91-61(77(111)112)45-26-43(96)27-50(98)58(45)44-21-38(12-17-49(44)97)59(73(107)93-63)90-74(108)60(41)89-72(106)48(28-56(85)99)88-75(62)109/h6-19,21-27,32-34,48,55,57,59-67,69-70,78,87,96-98,100-104H,20,28-31H2,1-5H3,(H2,85,99)(H2,86,94)(H,88,109)(H,89,106)(H,90,108)(H,91,110)(H,92,105)(H,93,107)(H,111,112)/t33-,34?,48+,55?,57?,59?,60-,61-,62-,63+,64-,65-,66?,67?,69?,70?,78?,81?/m1/s1. The number of aromatic hydroxyl groups is 3. The van der Waals surface area contributed by atoms with E-state index in [2.05, 4.69) is 47.4 Å². The molecule has 0 radical (unpaired) electrons. The lowest BCUT2D eigenvalue weighted by atomic mass is 9.84. The van der Waals surface area contributed by atoms with Crippen LogP contribution in [-0.2, 0) is 59.1 Å². The minimum absolute atomic E-state index is 0.0517. The van der Waals surface area contributed by atoms with Crippen LogP contribution in [0.15, 0.2) is 132 Å². The first kappa shape index (κ1) is 87.1. The highest BCUT2D eigenvalue weighted by Gasteiger charge is 2.53. The Morgan fingerprint density at radius 2 is 1.30 bits per heavy atom. The monoisotopic (exact) mass is 1750 g/mol. The Morgan fingerprint density at radius 3 is 1.92 bits per heavy atom. The van der Waals surface area contributed by atoms with E-state index in [4.69, 9.17) is 74.7 Å². The number of primary amides is 1. The van der Waals surface area contributed by atoms with Gasteiger partial charge < -0.3 is 123 Å². The maximum atomic E-state index is 16.3. The van der Waals surface area contributed by atoms with Crippen LogP contribution in [-0.4, -0.2) is 182 Å². The molecule has 11 bridgehead atoms. The van der Waals surface area contributed by atoms with Crippen LogP contribution < -0.4 is 62.9 Å². The van der Waals surface area contributed by atoms with Crippen LogP contribution in [0.4, 0.5) is 5.13 Å². The molecule has 0 saturated carbocycles. The normalized spacial score (nSPS) is 26.6. The average Bonchev–Trinajstić information content (AvgIpc) is 0.882. The number of rotatable bonds is 18. The second-order valence-electron chi connectivity index (χ2n) is 30.3. The van der Waals surface area contributed by atoms with E-state index in [0.717, 1.165) is 100 Å². The minimum atomic E-state index is -2.36. The molecule has 7 amide bonds. The minimum Gasteiger partial charge on any atom is -0.508 e.